The van der Waals surface area contributed by atoms with Gasteiger partial charge in [-0.25, -0.2) is 0 Å². The molecule has 3 nitrogen and oxygen atoms in total. The van der Waals surface area contributed by atoms with Crippen LogP contribution in [0.2, 0.25) is 5.02 Å². The number of nitrogens with two attached hydrogens (primary N) is 1. The van der Waals surface area contributed by atoms with Gasteiger partial charge in [0.1, 0.15) is 5.52 Å². The molecule has 0 aliphatic carbocycles. The molecule has 0 atom stereocenters. The van der Waals surface area contributed by atoms with Crippen molar-refractivity contribution in [3.8, 4) is 0 Å². The average molecular weight is 183 g/mol. The second-order valence-corrected chi connectivity index (χ2v) is 2.91. The summed E-state index contributed by atoms with van der Waals surface area (Å²) in [6.45, 7) is 0.344. The topological polar surface area (TPSA) is 52.0 Å². The predicted molar refractivity (Wildman–Crippen MR) is 46.9 cm³/mol. The molecule has 2 N–H and O–H groups in total. The highest BCUT2D eigenvalue weighted by molar-refractivity contribution is 6.31. The first-order valence-electron chi connectivity index (χ1n) is 3.55. The van der Waals surface area contributed by atoms with Gasteiger partial charge in [-0.2, -0.15) is 0 Å². The van der Waals surface area contributed by atoms with Crippen molar-refractivity contribution >= 4 is 22.5 Å². The second-order valence-electron chi connectivity index (χ2n) is 2.47. The molecule has 0 amide bonds. The van der Waals surface area contributed by atoms with Crippen LogP contribution in [0.25, 0.3) is 10.9 Å². The molecule has 1 heterocycles. The van der Waals surface area contributed by atoms with E-state index in [1.165, 1.54) is 0 Å². The number of fused-ring (bicyclic) bond motifs is 1. The Bertz CT molecular complexity index is 410. The fourth-order valence-electron chi connectivity index (χ4n) is 1.11. The monoisotopic (exact) mass is 182 g/mol. The van der Waals surface area contributed by atoms with Crippen molar-refractivity contribution in [2.75, 3.05) is 0 Å². The number of nitrogens with zero attached hydrogens (tertiary/aromatic N) is 1. The normalized spacial score (nSPS) is 10.8. The maximum atomic E-state index is 5.79. The van der Waals surface area contributed by atoms with Gasteiger partial charge in [-0.15, -0.1) is 0 Å². The fourth-order valence-corrected chi connectivity index (χ4v) is 1.28. The van der Waals surface area contributed by atoms with E-state index < -0.39 is 0 Å². The maximum Gasteiger partial charge on any atom is 0.158 e. The van der Waals surface area contributed by atoms with Gasteiger partial charge < -0.3 is 10.3 Å². The summed E-state index contributed by atoms with van der Waals surface area (Å²) >= 11 is 5.79. The molecule has 62 valence electrons. The maximum absolute atomic E-state index is 5.79. The molecule has 2 aromatic rings. The summed E-state index contributed by atoms with van der Waals surface area (Å²) in [6, 6.07) is 5.38. The van der Waals surface area contributed by atoms with Crippen LogP contribution in [-0.4, -0.2) is 5.16 Å². The Morgan fingerprint density at radius 3 is 3.08 bits per heavy atom. The van der Waals surface area contributed by atoms with Crippen molar-refractivity contribution in [3.05, 3.63) is 29.0 Å². The van der Waals surface area contributed by atoms with E-state index in [9.17, 15) is 0 Å². The largest absolute Gasteiger partial charge is 0.359 e. The molecule has 0 saturated heterocycles. The summed E-state index contributed by atoms with van der Waals surface area (Å²) in [5.41, 5.74) is 6.23. The van der Waals surface area contributed by atoms with Gasteiger partial charge >= 0.3 is 0 Å². The molecule has 12 heavy (non-hydrogen) atoms. The van der Waals surface area contributed by atoms with Crippen molar-refractivity contribution in [1.29, 1.82) is 0 Å². The van der Waals surface area contributed by atoms with Crippen LogP contribution in [0.1, 0.15) is 5.76 Å². The number of benzene rings is 1. The minimum atomic E-state index is 0.344. The Labute approximate surface area is 74.1 Å². The molecule has 0 bridgehead atoms. The van der Waals surface area contributed by atoms with Crippen LogP contribution in [0.4, 0.5) is 0 Å². The molecule has 1 aromatic carbocycles. The Morgan fingerprint density at radius 1 is 1.50 bits per heavy atom. The Morgan fingerprint density at radius 2 is 2.33 bits per heavy atom. The number of hydrogen-bond donors (Lipinski definition) is 1. The standard InChI is InChI=1S/C8H7ClN2O/c9-5-1-2-7-6(3-5)8(4-10)12-11-7/h1-3H,4,10H2. The minimum absolute atomic E-state index is 0.344. The van der Waals surface area contributed by atoms with Crippen LogP contribution < -0.4 is 5.73 Å². The van der Waals surface area contributed by atoms with Gasteiger partial charge in [0.2, 0.25) is 0 Å². The summed E-state index contributed by atoms with van der Waals surface area (Å²) in [7, 11) is 0. The molecule has 4 heteroatoms. The summed E-state index contributed by atoms with van der Waals surface area (Å²) in [6.07, 6.45) is 0. The van der Waals surface area contributed by atoms with Crippen molar-refractivity contribution < 1.29 is 4.52 Å². The van der Waals surface area contributed by atoms with Gasteiger partial charge in [-0.1, -0.05) is 16.8 Å². The van der Waals surface area contributed by atoms with E-state index in [0.29, 0.717) is 17.3 Å². The Hall–Kier alpha value is -1.06. The van der Waals surface area contributed by atoms with E-state index in [1.54, 1.807) is 18.2 Å². The van der Waals surface area contributed by atoms with Crippen molar-refractivity contribution in [2.24, 2.45) is 5.73 Å². The van der Waals surface area contributed by atoms with E-state index in [1.807, 2.05) is 0 Å². The number of rotatable bonds is 1. The smallest absolute Gasteiger partial charge is 0.158 e. The van der Waals surface area contributed by atoms with E-state index >= 15 is 0 Å². The third-order valence-electron chi connectivity index (χ3n) is 1.70. The van der Waals surface area contributed by atoms with E-state index in [0.717, 1.165) is 10.9 Å². The first kappa shape index (κ1) is 7.58. The lowest BCUT2D eigenvalue weighted by Gasteiger charge is -1.90. The Balaban J connectivity index is 2.75. The third-order valence-corrected chi connectivity index (χ3v) is 1.93. The molecule has 2 rings (SSSR count). The molecule has 0 saturated carbocycles. The first-order valence-corrected chi connectivity index (χ1v) is 3.93. The highest BCUT2D eigenvalue weighted by atomic mass is 35.5. The molecule has 0 radical (unpaired) electrons. The average Bonchev–Trinajstić information content (AvgIpc) is 2.46. The van der Waals surface area contributed by atoms with Gasteiger partial charge in [-0.05, 0) is 18.2 Å². The number of hydrogen-bond acceptors (Lipinski definition) is 3. The number of halogens is 1. The zero-order chi connectivity index (χ0) is 8.55. The first-order chi connectivity index (χ1) is 5.81. The van der Waals surface area contributed by atoms with E-state index in [-0.39, 0.29) is 0 Å². The summed E-state index contributed by atoms with van der Waals surface area (Å²) < 4.78 is 4.99. The van der Waals surface area contributed by atoms with Crippen molar-refractivity contribution in [1.82, 2.24) is 5.16 Å². The van der Waals surface area contributed by atoms with Gasteiger partial charge in [0.05, 0.1) is 6.54 Å². The fraction of sp³-hybridized carbons (Fsp3) is 0.125. The summed E-state index contributed by atoms with van der Waals surface area (Å²) in [5.74, 6) is 0.674. The van der Waals surface area contributed by atoms with Crippen molar-refractivity contribution in [3.63, 3.8) is 0 Å². The van der Waals surface area contributed by atoms with Gasteiger partial charge in [0.25, 0.3) is 0 Å². The van der Waals surface area contributed by atoms with Crippen molar-refractivity contribution in [2.45, 2.75) is 6.54 Å². The molecule has 0 aliphatic heterocycles. The Kier molecular flexibility index (Phi) is 1.75. The van der Waals surface area contributed by atoms with Crippen LogP contribution >= 0.6 is 11.6 Å². The second kappa shape index (κ2) is 2.77. The van der Waals surface area contributed by atoms with E-state index in [2.05, 4.69) is 5.16 Å². The lowest BCUT2D eigenvalue weighted by molar-refractivity contribution is 0.393. The highest BCUT2D eigenvalue weighted by Gasteiger charge is 2.05. The SMILES string of the molecule is NCc1onc2ccc(Cl)cc12. The molecule has 0 fully saturated rings. The van der Waals surface area contributed by atoms with Gasteiger partial charge in [0.15, 0.2) is 5.76 Å². The predicted octanol–water partition coefficient (Wildman–Crippen LogP) is 1.94. The zero-order valence-corrected chi connectivity index (χ0v) is 7.01. The highest BCUT2D eigenvalue weighted by Crippen LogP contribution is 2.21. The summed E-state index contributed by atoms with van der Waals surface area (Å²) in [4.78, 5) is 0. The van der Waals surface area contributed by atoms with E-state index in [4.69, 9.17) is 21.9 Å². The number of aromatic nitrogens is 1. The quantitative estimate of drug-likeness (QED) is 0.734. The zero-order valence-electron chi connectivity index (χ0n) is 6.25. The molecule has 0 spiro atoms. The van der Waals surface area contributed by atoms with Crippen LogP contribution in [-0.2, 0) is 6.54 Å². The van der Waals surface area contributed by atoms with Crippen LogP contribution in [0, 0.1) is 0 Å². The molecule has 1 aromatic heterocycles. The van der Waals surface area contributed by atoms with Gasteiger partial charge in [-0.3, -0.25) is 0 Å². The van der Waals surface area contributed by atoms with Crippen LogP contribution in [0.15, 0.2) is 22.7 Å². The molecular weight excluding hydrogens is 176 g/mol. The van der Waals surface area contributed by atoms with Gasteiger partial charge in [0, 0.05) is 10.4 Å². The lowest BCUT2D eigenvalue weighted by atomic mass is 10.2. The minimum Gasteiger partial charge on any atom is -0.359 e. The molecule has 0 aliphatic rings. The lowest BCUT2D eigenvalue weighted by Crippen LogP contribution is -1.93. The molecule has 0 unspecified atom stereocenters. The summed E-state index contributed by atoms with van der Waals surface area (Å²) in [5, 5.41) is 5.38. The van der Waals surface area contributed by atoms with Crippen LogP contribution in [0.5, 0.6) is 0 Å². The third kappa shape index (κ3) is 1.07. The molecular formula is C8H7ClN2O. The van der Waals surface area contributed by atoms with Crippen LogP contribution in [0.3, 0.4) is 0 Å².